The minimum absolute atomic E-state index is 0.0648. The Morgan fingerprint density at radius 2 is 0.676 bits per heavy atom. The Morgan fingerprint density at radius 3 is 1.04 bits per heavy atom. The van der Waals surface area contributed by atoms with Crippen LogP contribution in [0.3, 0.4) is 0 Å². The summed E-state index contributed by atoms with van der Waals surface area (Å²) < 4.78 is 39.3. The molecule has 74 heavy (non-hydrogen) atoms. The molecule has 3 unspecified atom stereocenters. The Morgan fingerprint density at radius 1 is 0.378 bits per heavy atom. The summed E-state index contributed by atoms with van der Waals surface area (Å²) in [6.45, 7) is 4.09. The monoisotopic (exact) mass is 1050 g/mol. The minimum Gasteiger partial charge on any atom is -0.462 e. The van der Waals surface area contributed by atoms with Gasteiger partial charge in [-0.15, -0.1) is 0 Å². The first kappa shape index (κ1) is 69.1. The molecule has 0 aliphatic carbocycles. The maximum atomic E-state index is 12.9. The summed E-state index contributed by atoms with van der Waals surface area (Å²) in [5, 5.41) is 9.79. The summed E-state index contributed by atoms with van der Waals surface area (Å²) in [5.74, 6) is -1.66. The van der Waals surface area contributed by atoms with E-state index in [4.69, 9.17) is 23.3 Å². The number of aliphatic hydroxyl groups is 1. The lowest BCUT2D eigenvalue weighted by Crippen LogP contribution is -2.30. The van der Waals surface area contributed by atoms with Crippen molar-refractivity contribution in [3.05, 3.63) is 158 Å². The third-order valence-corrected chi connectivity index (χ3v) is 11.4. The molecule has 0 aliphatic heterocycles. The van der Waals surface area contributed by atoms with Gasteiger partial charge in [0.1, 0.15) is 12.7 Å². The highest BCUT2D eigenvalue weighted by molar-refractivity contribution is 7.47. The van der Waals surface area contributed by atoms with Crippen LogP contribution in [0, 0.1) is 0 Å². The van der Waals surface area contributed by atoms with Crippen LogP contribution in [0.15, 0.2) is 158 Å². The van der Waals surface area contributed by atoms with E-state index in [1.807, 2.05) is 24.3 Å². The maximum absolute atomic E-state index is 12.9. The second kappa shape index (κ2) is 54.4. The molecular formula is C62H95O11P. The summed E-state index contributed by atoms with van der Waals surface area (Å²) >= 11 is 0. The predicted octanol–water partition coefficient (Wildman–Crippen LogP) is 16.1. The van der Waals surface area contributed by atoms with Gasteiger partial charge in [-0.1, -0.05) is 185 Å². The maximum Gasteiger partial charge on any atom is 0.472 e. The number of hydrogen-bond acceptors (Lipinski definition) is 10. The second-order valence-corrected chi connectivity index (χ2v) is 18.7. The van der Waals surface area contributed by atoms with Gasteiger partial charge in [0, 0.05) is 19.3 Å². The van der Waals surface area contributed by atoms with Gasteiger partial charge in [0.05, 0.1) is 19.8 Å². The van der Waals surface area contributed by atoms with Crippen LogP contribution >= 0.6 is 7.82 Å². The van der Waals surface area contributed by atoms with Crippen molar-refractivity contribution in [3.63, 3.8) is 0 Å². The highest BCUT2D eigenvalue weighted by atomic mass is 31.2. The molecule has 0 saturated carbocycles. The molecule has 0 heterocycles. The molecule has 0 aromatic heterocycles. The molecule has 0 aliphatic rings. The average molecular weight is 1050 g/mol. The largest absolute Gasteiger partial charge is 0.472 e. The van der Waals surface area contributed by atoms with Crippen molar-refractivity contribution in [2.24, 2.45) is 0 Å². The van der Waals surface area contributed by atoms with E-state index < -0.39 is 64.4 Å². The fourth-order valence-corrected chi connectivity index (χ4v) is 7.16. The molecule has 414 valence electrons. The molecule has 0 spiro atoms. The van der Waals surface area contributed by atoms with E-state index in [1.54, 1.807) is 0 Å². The number of phosphoric acid groups is 1. The van der Waals surface area contributed by atoms with Crippen LogP contribution in [0.25, 0.3) is 0 Å². The smallest absolute Gasteiger partial charge is 0.462 e. The van der Waals surface area contributed by atoms with Gasteiger partial charge in [0.25, 0.3) is 0 Å². The lowest BCUT2D eigenvalue weighted by Gasteiger charge is -2.21. The first-order chi connectivity index (χ1) is 36.2. The molecule has 0 aromatic rings. The van der Waals surface area contributed by atoms with Crippen LogP contribution in [-0.2, 0) is 42.2 Å². The van der Waals surface area contributed by atoms with E-state index >= 15 is 0 Å². The van der Waals surface area contributed by atoms with Crippen molar-refractivity contribution >= 4 is 25.7 Å². The number of phosphoric ester groups is 1. The predicted molar refractivity (Wildman–Crippen MR) is 306 cm³/mol. The van der Waals surface area contributed by atoms with Gasteiger partial charge in [0.2, 0.25) is 0 Å². The molecule has 3 atom stereocenters. The zero-order valence-corrected chi connectivity index (χ0v) is 46.4. The zero-order chi connectivity index (χ0) is 54.1. The van der Waals surface area contributed by atoms with E-state index in [0.717, 1.165) is 103 Å². The molecule has 0 bridgehead atoms. The van der Waals surface area contributed by atoms with Crippen molar-refractivity contribution < 1.29 is 52.2 Å². The van der Waals surface area contributed by atoms with Crippen molar-refractivity contribution in [2.75, 3.05) is 26.4 Å². The van der Waals surface area contributed by atoms with Gasteiger partial charge in [-0.3, -0.25) is 23.4 Å². The Hall–Kier alpha value is -4.90. The number of hydrogen-bond donors (Lipinski definition) is 2. The minimum atomic E-state index is -4.79. The number of esters is 3. The lowest BCUT2D eigenvalue weighted by atomic mass is 10.1. The number of allylic oxidation sites excluding steroid dienone is 26. The normalized spacial score (nSPS) is 14.6. The van der Waals surface area contributed by atoms with Crippen molar-refractivity contribution in [2.45, 2.75) is 187 Å². The number of unbranched alkanes of at least 4 members (excludes halogenated alkanes) is 5. The number of ether oxygens (including phenoxy) is 3. The molecule has 0 amide bonds. The molecular weight excluding hydrogens is 952 g/mol. The molecule has 11 nitrogen and oxygen atoms in total. The van der Waals surface area contributed by atoms with Crippen molar-refractivity contribution in [3.8, 4) is 0 Å². The van der Waals surface area contributed by atoms with Crippen LogP contribution in [0.4, 0.5) is 0 Å². The van der Waals surface area contributed by atoms with Crippen LogP contribution in [0.2, 0.25) is 0 Å². The van der Waals surface area contributed by atoms with Crippen LogP contribution < -0.4 is 0 Å². The summed E-state index contributed by atoms with van der Waals surface area (Å²) in [5.41, 5.74) is 0. The van der Waals surface area contributed by atoms with E-state index in [2.05, 4.69) is 154 Å². The molecule has 0 saturated heterocycles. The summed E-state index contributed by atoms with van der Waals surface area (Å²) in [4.78, 5) is 48.4. The van der Waals surface area contributed by atoms with E-state index in [0.29, 0.717) is 32.1 Å². The molecule has 2 N–H and O–H groups in total. The summed E-state index contributed by atoms with van der Waals surface area (Å²) in [6, 6.07) is 0. The quantitative estimate of drug-likeness (QED) is 0.0197. The van der Waals surface area contributed by atoms with Crippen molar-refractivity contribution in [1.82, 2.24) is 0 Å². The topological polar surface area (TPSA) is 155 Å². The van der Waals surface area contributed by atoms with Gasteiger partial charge in [0.15, 0.2) is 6.10 Å². The second-order valence-electron chi connectivity index (χ2n) is 17.2. The van der Waals surface area contributed by atoms with E-state index in [1.165, 1.54) is 0 Å². The van der Waals surface area contributed by atoms with Gasteiger partial charge >= 0.3 is 25.7 Å². The molecule has 0 aromatic carbocycles. The standard InChI is InChI=1S/C62H95O11P/c1-4-7-10-13-16-19-22-25-27-29-31-34-36-39-42-45-48-51-60(64)69-55-59(73-62(66)53-50-47-44-41-38-35-32-30-28-26-23-20-17-14-11-8-5-2)57-71-74(67,68)70-56-58(54-63)72-61(65)52-49-46-43-40-37-33-24-21-18-15-12-9-6-3/h7-12,16-21,25-28,31-35,37,39,41-42,44,58-59,63H,4-6,13-15,22-24,29-30,36,38,40,43,45-57H2,1-3H3,(H,67,68)/b10-7-,11-8-,12-9-,19-16-,20-17-,21-18-,27-25-,28-26-,34-31-,35-32-,37-33-,42-39-,44-41-. The third kappa shape index (κ3) is 52.0. The number of aliphatic hydroxyl groups excluding tert-OH is 1. The van der Waals surface area contributed by atoms with Gasteiger partial charge in [-0.05, 0) is 128 Å². The first-order valence-corrected chi connectivity index (χ1v) is 28.9. The molecule has 12 heteroatoms. The van der Waals surface area contributed by atoms with Crippen LogP contribution in [0.1, 0.15) is 175 Å². The van der Waals surface area contributed by atoms with Crippen LogP contribution in [-0.4, -0.2) is 66.5 Å². The number of rotatable bonds is 48. The van der Waals surface area contributed by atoms with Crippen LogP contribution in [0.5, 0.6) is 0 Å². The van der Waals surface area contributed by atoms with Crippen molar-refractivity contribution in [1.29, 1.82) is 0 Å². The highest BCUT2D eigenvalue weighted by Gasteiger charge is 2.28. The Bertz CT molecular complexity index is 1840. The summed E-state index contributed by atoms with van der Waals surface area (Å²) in [7, 11) is -4.79. The third-order valence-electron chi connectivity index (χ3n) is 10.4. The fraction of sp³-hybridized carbons (Fsp3) is 0.532. The Balaban J connectivity index is 4.97. The fourth-order valence-electron chi connectivity index (χ4n) is 6.38. The van der Waals surface area contributed by atoms with E-state index in [-0.39, 0.29) is 19.3 Å². The zero-order valence-electron chi connectivity index (χ0n) is 45.5. The Kier molecular flexibility index (Phi) is 50.8. The van der Waals surface area contributed by atoms with Gasteiger partial charge in [-0.2, -0.15) is 0 Å². The number of carbonyl (C=O) groups is 3. The first-order valence-electron chi connectivity index (χ1n) is 27.4. The van der Waals surface area contributed by atoms with E-state index in [9.17, 15) is 28.9 Å². The highest BCUT2D eigenvalue weighted by Crippen LogP contribution is 2.43. The van der Waals surface area contributed by atoms with Gasteiger partial charge in [-0.25, -0.2) is 4.57 Å². The SMILES string of the molecule is CC/C=C\C/C=C\C/C=C\C/C=C\C/C=C\CCCC(=O)OCC(COP(=O)(O)OCC(CO)OC(=O)CCCCC/C=C\C/C=C\C/C=C\CC)OC(=O)CCC/C=C\C/C=C\C/C=C\C/C=C\C/C=C\CC. The number of carbonyl (C=O) groups excluding carboxylic acids is 3. The molecule has 0 fully saturated rings. The average Bonchev–Trinajstić information content (AvgIpc) is 3.39. The Labute approximate surface area is 447 Å². The molecule has 0 rings (SSSR count). The van der Waals surface area contributed by atoms with Gasteiger partial charge < -0.3 is 24.2 Å². The molecule has 0 radical (unpaired) electrons. The summed E-state index contributed by atoms with van der Waals surface area (Å²) in [6.07, 6.45) is 70.8. The lowest BCUT2D eigenvalue weighted by molar-refractivity contribution is -0.161.